The number of Topliss-reactive ketones (excluding diaryl/α,β-unsaturated/α-hetero) is 1. The highest BCUT2D eigenvalue weighted by Gasteiger charge is 2.22. The van der Waals surface area contributed by atoms with Crippen LogP contribution in [0.2, 0.25) is 0 Å². The second kappa shape index (κ2) is 8.93. The Morgan fingerprint density at radius 3 is 2.47 bits per heavy atom. The first-order valence-electron chi connectivity index (χ1n) is 10.7. The summed E-state index contributed by atoms with van der Waals surface area (Å²) in [4.78, 5) is 50.6. The molecule has 3 aromatic heterocycles. The monoisotopic (exact) mass is 483 g/mol. The van der Waals surface area contributed by atoms with E-state index in [-0.39, 0.29) is 22.7 Å². The van der Waals surface area contributed by atoms with E-state index in [2.05, 4.69) is 24.0 Å². The van der Waals surface area contributed by atoms with Crippen molar-refractivity contribution in [2.75, 3.05) is 11.5 Å². The number of anilines is 1. The van der Waals surface area contributed by atoms with Crippen LogP contribution in [0.3, 0.4) is 0 Å². The standard InChI is InChI=1S/C22H25N7O4S/c1-12(2)9-10-28-18(31)13-7-5-6-8-14(13)29-20(28)24-25-21(29)34-11-15(30)16-17(23)26(3)22(33)27(4)19(16)32/h5-8,12H,9-11,23H2,1-4H3. The number of thioether (sulfide) groups is 1. The zero-order valence-electron chi connectivity index (χ0n) is 19.3. The highest BCUT2D eigenvalue weighted by molar-refractivity contribution is 7.99. The second-order valence-corrected chi connectivity index (χ2v) is 9.39. The molecule has 0 radical (unpaired) electrons. The fraction of sp³-hybridized carbons (Fsp3) is 0.364. The van der Waals surface area contributed by atoms with E-state index in [9.17, 15) is 19.2 Å². The minimum absolute atomic E-state index is 0.148. The molecule has 4 aromatic rings. The van der Waals surface area contributed by atoms with Gasteiger partial charge in [0.25, 0.3) is 11.1 Å². The van der Waals surface area contributed by atoms with Gasteiger partial charge in [-0.05, 0) is 24.5 Å². The van der Waals surface area contributed by atoms with Crippen LogP contribution >= 0.6 is 11.8 Å². The summed E-state index contributed by atoms with van der Waals surface area (Å²) in [6.07, 6.45) is 0.789. The number of nitrogen functional groups attached to an aromatic ring is 1. The van der Waals surface area contributed by atoms with Gasteiger partial charge in [-0.2, -0.15) is 0 Å². The van der Waals surface area contributed by atoms with Crippen molar-refractivity contribution in [2.45, 2.75) is 32.0 Å². The third-order valence-electron chi connectivity index (χ3n) is 5.73. The van der Waals surface area contributed by atoms with Gasteiger partial charge in [0.15, 0.2) is 10.9 Å². The van der Waals surface area contributed by atoms with Gasteiger partial charge in [0, 0.05) is 20.6 Å². The van der Waals surface area contributed by atoms with Gasteiger partial charge in [-0.3, -0.25) is 32.5 Å². The molecule has 0 bridgehead atoms. The third-order valence-corrected chi connectivity index (χ3v) is 6.66. The van der Waals surface area contributed by atoms with Crippen LogP contribution in [0.15, 0.2) is 43.8 Å². The molecule has 0 saturated heterocycles. The molecule has 11 nitrogen and oxygen atoms in total. The van der Waals surface area contributed by atoms with Crippen molar-refractivity contribution < 1.29 is 4.79 Å². The molecule has 0 aliphatic rings. The molecule has 0 aliphatic heterocycles. The van der Waals surface area contributed by atoms with Crippen molar-refractivity contribution in [3.63, 3.8) is 0 Å². The Balaban J connectivity index is 1.77. The first-order valence-corrected chi connectivity index (χ1v) is 11.7. The number of hydrogen-bond donors (Lipinski definition) is 1. The third kappa shape index (κ3) is 3.83. The van der Waals surface area contributed by atoms with E-state index >= 15 is 0 Å². The summed E-state index contributed by atoms with van der Waals surface area (Å²) in [6, 6.07) is 7.15. The largest absolute Gasteiger partial charge is 0.384 e. The number of hydrogen-bond acceptors (Lipinski definition) is 8. The predicted molar refractivity (Wildman–Crippen MR) is 131 cm³/mol. The van der Waals surface area contributed by atoms with Crippen molar-refractivity contribution >= 4 is 40.0 Å². The van der Waals surface area contributed by atoms with E-state index < -0.39 is 17.0 Å². The van der Waals surface area contributed by atoms with Gasteiger partial charge in [-0.15, -0.1) is 10.2 Å². The number of aryl methyl sites for hydroxylation is 1. The van der Waals surface area contributed by atoms with Gasteiger partial charge in [-0.1, -0.05) is 37.7 Å². The number of para-hydroxylation sites is 1. The molecule has 34 heavy (non-hydrogen) atoms. The summed E-state index contributed by atoms with van der Waals surface area (Å²) in [5.74, 6) is -0.0945. The Bertz CT molecular complexity index is 1610. The molecule has 178 valence electrons. The molecular weight excluding hydrogens is 458 g/mol. The Labute approximate surface area is 197 Å². The number of ketones is 1. The fourth-order valence-electron chi connectivity index (χ4n) is 3.74. The van der Waals surface area contributed by atoms with Crippen molar-refractivity contribution in [1.29, 1.82) is 0 Å². The van der Waals surface area contributed by atoms with Gasteiger partial charge in [-0.25, -0.2) is 4.79 Å². The zero-order valence-corrected chi connectivity index (χ0v) is 20.1. The topological polar surface area (TPSA) is 139 Å². The average Bonchev–Trinajstić information content (AvgIpc) is 3.24. The maximum absolute atomic E-state index is 13.1. The van der Waals surface area contributed by atoms with Crippen molar-refractivity contribution in [2.24, 2.45) is 20.0 Å². The van der Waals surface area contributed by atoms with Gasteiger partial charge in [0.2, 0.25) is 5.78 Å². The molecule has 0 unspecified atom stereocenters. The molecule has 2 N–H and O–H groups in total. The van der Waals surface area contributed by atoms with E-state index in [0.29, 0.717) is 34.3 Å². The molecule has 0 atom stereocenters. The maximum atomic E-state index is 13.1. The summed E-state index contributed by atoms with van der Waals surface area (Å²) in [5, 5.41) is 9.39. The Morgan fingerprint density at radius 2 is 1.76 bits per heavy atom. The fourth-order valence-corrected chi connectivity index (χ4v) is 4.55. The number of nitrogens with zero attached hydrogens (tertiary/aromatic N) is 6. The van der Waals surface area contributed by atoms with Crippen LogP contribution in [0.1, 0.15) is 30.6 Å². The second-order valence-electron chi connectivity index (χ2n) is 8.45. The van der Waals surface area contributed by atoms with Crippen LogP contribution in [0.5, 0.6) is 0 Å². The lowest BCUT2D eigenvalue weighted by molar-refractivity contribution is 0.102. The SMILES string of the molecule is CC(C)CCn1c(=O)c2ccccc2n2c(SCC(=O)c3c(N)n(C)c(=O)n(C)c3=O)nnc12. The summed E-state index contributed by atoms with van der Waals surface area (Å²) in [6.45, 7) is 4.64. The van der Waals surface area contributed by atoms with Crippen molar-refractivity contribution in [3.05, 3.63) is 61.0 Å². The first-order chi connectivity index (χ1) is 16.1. The number of benzene rings is 1. The Kier molecular flexibility index (Phi) is 6.17. The van der Waals surface area contributed by atoms with E-state index in [4.69, 9.17) is 5.73 Å². The minimum Gasteiger partial charge on any atom is -0.384 e. The molecule has 0 saturated carbocycles. The van der Waals surface area contributed by atoms with E-state index in [1.165, 1.54) is 14.1 Å². The first kappa shape index (κ1) is 23.5. The van der Waals surface area contributed by atoms with Gasteiger partial charge in [0.1, 0.15) is 11.4 Å². The van der Waals surface area contributed by atoms with Crippen LogP contribution in [0.25, 0.3) is 16.7 Å². The normalized spacial score (nSPS) is 11.7. The maximum Gasteiger partial charge on any atom is 0.332 e. The molecular formula is C22H25N7O4S. The quantitative estimate of drug-likeness (QED) is 0.304. The van der Waals surface area contributed by atoms with Crippen LogP contribution < -0.4 is 22.5 Å². The van der Waals surface area contributed by atoms with Gasteiger partial charge >= 0.3 is 5.69 Å². The van der Waals surface area contributed by atoms with Crippen LogP contribution in [0.4, 0.5) is 5.82 Å². The molecule has 1 aromatic carbocycles. The van der Waals surface area contributed by atoms with Crippen molar-refractivity contribution in [3.8, 4) is 0 Å². The zero-order chi connectivity index (χ0) is 24.7. The number of rotatable bonds is 7. The molecule has 12 heteroatoms. The number of fused-ring (bicyclic) bond motifs is 3. The Hall–Kier alpha value is -3.67. The summed E-state index contributed by atoms with van der Waals surface area (Å²) in [7, 11) is 2.69. The van der Waals surface area contributed by atoms with Gasteiger partial charge < -0.3 is 5.73 Å². The number of aromatic nitrogens is 6. The summed E-state index contributed by atoms with van der Waals surface area (Å²) < 4.78 is 5.26. The molecule has 4 rings (SSSR count). The summed E-state index contributed by atoms with van der Waals surface area (Å²) in [5.41, 5.74) is 4.79. The van der Waals surface area contributed by atoms with Gasteiger partial charge in [0.05, 0.1) is 16.7 Å². The van der Waals surface area contributed by atoms with E-state index in [1.54, 1.807) is 27.2 Å². The predicted octanol–water partition coefficient (Wildman–Crippen LogP) is 1.04. The van der Waals surface area contributed by atoms with Crippen LogP contribution in [-0.2, 0) is 20.6 Å². The van der Waals surface area contributed by atoms with Crippen LogP contribution in [-0.4, -0.2) is 39.8 Å². The lowest BCUT2D eigenvalue weighted by Crippen LogP contribution is -2.41. The molecule has 0 fully saturated rings. The highest BCUT2D eigenvalue weighted by atomic mass is 32.2. The molecule has 3 heterocycles. The summed E-state index contributed by atoms with van der Waals surface area (Å²) >= 11 is 1.08. The molecule has 0 amide bonds. The molecule has 0 spiro atoms. The smallest absolute Gasteiger partial charge is 0.332 e. The van der Waals surface area contributed by atoms with E-state index in [0.717, 1.165) is 27.3 Å². The highest BCUT2D eigenvalue weighted by Crippen LogP contribution is 2.23. The van der Waals surface area contributed by atoms with E-state index in [1.807, 2.05) is 6.07 Å². The number of carbonyl (C=O) groups excluding carboxylic acids is 1. The molecule has 0 aliphatic carbocycles. The Morgan fingerprint density at radius 1 is 1.06 bits per heavy atom. The average molecular weight is 484 g/mol. The number of nitrogens with two attached hydrogens (primary N) is 1. The minimum atomic E-state index is -0.745. The van der Waals surface area contributed by atoms with Crippen molar-refractivity contribution in [1.82, 2.24) is 28.3 Å². The number of carbonyl (C=O) groups is 1. The lowest BCUT2D eigenvalue weighted by atomic mass is 10.1. The lowest BCUT2D eigenvalue weighted by Gasteiger charge is -2.12. The van der Waals surface area contributed by atoms with Crippen LogP contribution in [0, 0.1) is 5.92 Å².